The first kappa shape index (κ1) is 11.9. The SMILES string of the molecule is CC1CC(N2CC3CNCC3C2C)CCN1C. The number of likely N-dealkylation sites (tertiary alicyclic amines) is 2. The van der Waals surface area contributed by atoms with Gasteiger partial charge in [-0.1, -0.05) is 0 Å². The average Bonchev–Trinajstić information content (AvgIpc) is 2.86. The maximum absolute atomic E-state index is 3.56. The Balaban J connectivity index is 1.65. The highest BCUT2D eigenvalue weighted by Crippen LogP contribution is 2.36. The molecule has 0 amide bonds. The van der Waals surface area contributed by atoms with Crippen LogP contribution >= 0.6 is 0 Å². The van der Waals surface area contributed by atoms with Crippen molar-refractivity contribution in [3.63, 3.8) is 0 Å². The summed E-state index contributed by atoms with van der Waals surface area (Å²) in [6.45, 7) is 9.98. The fourth-order valence-electron chi connectivity index (χ4n) is 4.25. The number of hydrogen-bond donors (Lipinski definition) is 1. The van der Waals surface area contributed by atoms with Crippen LogP contribution in [0.15, 0.2) is 0 Å². The van der Waals surface area contributed by atoms with Gasteiger partial charge in [-0.25, -0.2) is 0 Å². The maximum atomic E-state index is 3.56. The molecule has 3 aliphatic heterocycles. The third kappa shape index (κ3) is 2.02. The molecule has 0 aromatic carbocycles. The standard InChI is InChI=1S/C14H27N3/c1-10-6-13(4-5-16(10)3)17-9-12-7-15-8-14(12)11(17)2/h10-15H,4-9H2,1-3H3. The van der Waals surface area contributed by atoms with E-state index < -0.39 is 0 Å². The highest BCUT2D eigenvalue weighted by molar-refractivity contribution is 5.00. The zero-order chi connectivity index (χ0) is 12.0. The number of nitrogens with one attached hydrogen (secondary N) is 1. The van der Waals surface area contributed by atoms with Crippen molar-refractivity contribution in [1.82, 2.24) is 15.1 Å². The smallest absolute Gasteiger partial charge is 0.0125 e. The van der Waals surface area contributed by atoms with Crippen LogP contribution in [-0.2, 0) is 0 Å². The lowest BCUT2D eigenvalue weighted by atomic mass is 9.94. The Bertz CT molecular complexity index is 281. The third-order valence-electron chi connectivity index (χ3n) is 5.63. The summed E-state index contributed by atoms with van der Waals surface area (Å²) in [6, 6.07) is 2.41. The van der Waals surface area contributed by atoms with Crippen LogP contribution in [0.5, 0.6) is 0 Å². The first-order valence-electron chi connectivity index (χ1n) is 7.33. The average molecular weight is 237 g/mol. The summed E-state index contributed by atoms with van der Waals surface area (Å²) in [5, 5.41) is 3.56. The molecule has 0 saturated carbocycles. The number of nitrogens with zero attached hydrogens (tertiary/aromatic N) is 2. The summed E-state index contributed by atoms with van der Waals surface area (Å²) in [7, 11) is 2.27. The highest BCUT2D eigenvalue weighted by atomic mass is 15.3. The van der Waals surface area contributed by atoms with E-state index in [-0.39, 0.29) is 0 Å². The fourth-order valence-corrected chi connectivity index (χ4v) is 4.25. The molecule has 0 radical (unpaired) electrons. The minimum Gasteiger partial charge on any atom is -0.316 e. The molecule has 17 heavy (non-hydrogen) atoms. The Morgan fingerprint density at radius 3 is 2.71 bits per heavy atom. The number of rotatable bonds is 1. The number of hydrogen-bond acceptors (Lipinski definition) is 3. The van der Waals surface area contributed by atoms with E-state index in [0.29, 0.717) is 0 Å². The zero-order valence-electron chi connectivity index (χ0n) is 11.5. The molecule has 0 aromatic heterocycles. The van der Waals surface area contributed by atoms with Gasteiger partial charge in [-0.05, 0) is 65.2 Å². The van der Waals surface area contributed by atoms with Crippen molar-refractivity contribution in [1.29, 1.82) is 0 Å². The summed E-state index contributed by atoms with van der Waals surface area (Å²) in [5.74, 6) is 1.85. The van der Waals surface area contributed by atoms with Gasteiger partial charge >= 0.3 is 0 Å². The van der Waals surface area contributed by atoms with E-state index in [1.54, 1.807) is 0 Å². The van der Waals surface area contributed by atoms with Crippen molar-refractivity contribution >= 4 is 0 Å². The summed E-state index contributed by atoms with van der Waals surface area (Å²) in [6.07, 6.45) is 2.74. The molecule has 0 bridgehead atoms. The van der Waals surface area contributed by atoms with Crippen molar-refractivity contribution < 1.29 is 0 Å². The Hall–Kier alpha value is -0.120. The topological polar surface area (TPSA) is 18.5 Å². The first-order chi connectivity index (χ1) is 8.16. The normalized spacial score (nSPS) is 48.5. The Kier molecular flexibility index (Phi) is 3.18. The summed E-state index contributed by atoms with van der Waals surface area (Å²) in [5.41, 5.74) is 0. The van der Waals surface area contributed by atoms with Gasteiger partial charge in [0.2, 0.25) is 0 Å². The molecule has 3 heteroatoms. The molecule has 3 aliphatic rings. The van der Waals surface area contributed by atoms with E-state index in [0.717, 1.165) is 30.0 Å². The molecular formula is C14H27N3. The van der Waals surface area contributed by atoms with Gasteiger partial charge in [0, 0.05) is 24.7 Å². The van der Waals surface area contributed by atoms with Gasteiger partial charge in [-0.3, -0.25) is 4.90 Å². The lowest BCUT2D eigenvalue weighted by molar-refractivity contribution is 0.0764. The van der Waals surface area contributed by atoms with E-state index in [9.17, 15) is 0 Å². The summed E-state index contributed by atoms with van der Waals surface area (Å²) in [4.78, 5) is 5.35. The summed E-state index contributed by atoms with van der Waals surface area (Å²) < 4.78 is 0. The van der Waals surface area contributed by atoms with E-state index in [1.165, 1.54) is 39.0 Å². The largest absolute Gasteiger partial charge is 0.316 e. The fraction of sp³-hybridized carbons (Fsp3) is 1.00. The van der Waals surface area contributed by atoms with Crippen LogP contribution in [0.1, 0.15) is 26.7 Å². The predicted octanol–water partition coefficient (Wildman–Crippen LogP) is 1.01. The van der Waals surface area contributed by atoms with Gasteiger partial charge in [-0.2, -0.15) is 0 Å². The summed E-state index contributed by atoms with van der Waals surface area (Å²) >= 11 is 0. The lowest BCUT2D eigenvalue weighted by Crippen LogP contribution is -2.49. The number of piperidine rings is 1. The quantitative estimate of drug-likeness (QED) is 0.734. The Labute approximate surface area is 106 Å². The van der Waals surface area contributed by atoms with E-state index >= 15 is 0 Å². The van der Waals surface area contributed by atoms with E-state index in [4.69, 9.17) is 0 Å². The molecule has 0 spiro atoms. The third-order valence-corrected chi connectivity index (χ3v) is 5.63. The van der Waals surface area contributed by atoms with Crippen molar-refractivity contribution in [2.24, 2.45) is 11.8 Å². The van der Waals surface area contributed by atoms with Gasteiger partial charge in [0.25, 0.3) is 0 Å². The molecule has 3 saturated heterocycles. The monoisotopic (exact) mass is 237 g/mol. The molecule has 3 heterocycles. The molecule has 5 atom stereocenters. The Morgan fingerprint density at radius 1 is 1.18 bits per heavy atom. The van der Waals surface area contributed by atoms with Crippen LogP contribution in [0.25, 0.3) is 0 Å². The van der Waals surface area contributed by atoms with E-state index in [2.05, 4.69) is 36.0 Å². The molecular weight excluding hydrogens is 210 g/mol. The lowest BCUT2D eigenvalue weighted by Gasteiger charge is -2.41. The van der Waals surface area contributed by atoms with Crippen LogP contribution < -0.4 is 5.32 Å². The Morgan fingerprint density at radius 2 is 2.00 bits per heavy atom. The molecule has 98 valence electrons. The molecule has 0 aromatic rings. The molecule has 3 fully saturated rings. The van der Waals surface area contributed by atoms with Gasteiger partial charge in [0.15, 0.2) is 0 Å². The van der Waals surface area contributed by atoms with Crippen LogP contribution in [0.4, 0.5) is 0 Å². The maximum Gasteiger partial charge on any atom is 0.0125 e. The van der Waals surface area contributed by atoms with Crippen molar-refractivity contribution in [2.75, 3.05) is 33.2 Å². The van der Waals surface area contributed by atoms with Gasteiger partial charge in [-0.15, -0.1) is 0 Å². The van der Waals surface area contributed by atoms with Gasteiger partial charge in [0.05, 0.1) is 0 Å². The van der Waals surface area contributed by atoms with Crippen molar-refractivity contribution in [3.05, 3.63) is 0 Å². The van der Waals surface area contributed by atoms with Gasteiger partial charge in [0.1, 0.15) is 0 Å². The predicted molar refractivity (Wildman–Crippen MR) is 71.1 cm³/mol. The van der Waals surface area contributed by atoms with Gasteiger partial charge < -0.3 is 10.2 Å². The van der Waals surface area contributed by atoms with Crippen molar-refractivity contribution in [3.8, 4) is 0 Å². The molecule has 5 unspecified atom stereocenters. The number of fused-ring (bicyclic) bond motifs is 1. The van der Waals surface area contributed by atoms with Crippen LogP contribution in [0.2, 0.25) is 0 Å². The minimum atomic E-state index is 0.763. The molecule has 0 aliphatic carbocycles. The zero-order valence-corrected chi connectivity index (χ0v) is 11.5. The second-order valence-corrected chi connectivity index (χ2v) is 6.53. The van der Waals surface area contributed by atoms with Crippen molar-refractivity contribution in [2.45, 2.75) is 44.8 Å². The second-order valence-electron chi connectivity index (χ2n) is 6.53. The second kappa shape index (κ2) is 4.52. The molecule has 3 rings (SSSR count). The molecule has 1 N–H and O–H groups in total. The van der Waals surface area contributed by atoms with E-state index in [1.807, 2.05) is 0 Å². The van der Waals surface area contributed by atoms with Crippen LogP contribution in [0.3, 0.4) is 0 Å². The van der Waals surface area contributed by atoms with Crippen LogP contribution in [-0.4, -0.2) is 61.2 Å². The minimum absolute atomic E-state index is 0.763. The first-order valence-corrected chi connectivity index (χ1v) is 7.33. The molecule has 3 nitrogen and oxygen atoms in total. The van der Waals surface area contributed by atoms with Crippen LogP contribution in [0, 0.1) is 11.8 Å². The highest BCUT2D eigenvalue weighted by Gasteiger charge is 2.44.